The molecule has 0 fully saturated rings. The second kappa shape index (κ2) is 4.39. The maximum Gasteiger partial charge on any atom is 0.328 e. The Bertz CT molecular complexity index is 707. The quantitative estimate of drug-likeness (QED) is 0.880. The molecule has 2 aromatic rings. The summed E-state index contributed by atoms with van der Waals surface area (Å²) in [7, 11) is 0. The van der Waals surface area contributed by atoms with Crippen LogP contribution in [0.15, 0.2) is 32.3 Å². The largest absolute Gasteiger partial charge is 0.328 e. The molecule has 0 atom stereocenters. The van der Waals surface area contributed by atoms with E-state index in [-0.39, 0.29) is 16.7 Å². The second-order valence-corrected chi connectivity index (χ2v) is 6.49. The minimum Gasteiger partial charge on any atom is -0.307 e. The lowest BCUT2D eigenvalue weighted by Crippen LogP contribution is -2.38. The maximum absolute atomic E-state index is 12.3. The Kier molecular flexibility index (Phi) is 3.19. The first-order valence-electron chi connectivity index (χ1n) is 5.70. The van der Waals surface area contributed by atoms with Gasteiger partial charge in [0.15, 0.2) is 0 Å². The van der Waals surface area contributed by atoms with Gasteiger partial charge in [-0.1, -0.05) is 36.7 Å². The van der Waals surface area contributed by atoms with E-state index in [1.54, 1.807) is 18.2 Å². The summed E-state index contributed by atoms with van der Waals surface area (Å²) in [6, 6.07) is 5.25. The molecule has 18 heavy (non-hydrogen) atoms. The first kappa shape index (κ1) is 13.1. The molecule has 0 saturated carbocycles. The van der Waals surface area contributed by atoms with Crippen LogP contribution >= 0.6 is 15.9 Å². The Morgan fingerprint density at radius 3 is 2.56 bits per heavy atom. The minimum absolute atomic E-state index is 0.128. The van der Waals surface area contributed by atoms with Gasteiger partial charge < -0.3 is 4.98 Å². The van der Waals surface area contributed by atoms with Gasteiger partial charge in [0.25, 0.3) is 5.56 Å². The number of halogens is 1. The monoisotopic (exact) mass is 310 g/mol. The molecule has 96 valence electrons. The number of hydrogen-bond acceptors (Lipinski definition) is 2. The van der Waals surface area contributed by atoms with Gasteiger partial charge in [-0.15, -0.1) is 0 Å². The van der Waals surface area contributed by atoms with Crippen LogP contribution in [0.5, 0.6) is 0 Å². The highest BCUT2D eigenvalue weighted by Gasteiger charge is 2.16. The van der Waals surface area contributed by atoms with Crippen LogP contribution < -0.4 is 11.2 Å². The molecular formula is C13H15BrN2O2. The van der Waals surface area contributed by atoms with Gasteiger partial charge >= 0.3 is 5.69 Å². The molecule has 0 saturated heterocycles. The molecule has 0 aliphatic heterocycles. The van der Waals surface area contributed by atoms with E-state index in [4.69, 9.17) is 0 Å². The highest BCUT2D eigenvalue weighted by atomic mass is 79.9. The van der Waals surface area contributed by atoms with Crippen LogP contribution in [0.3, 0.4) is 0 Å². The smallest absolute Gasteiger partial charge is 0.307 e. The summed E-state index contributed by atoms with van der Waals surface area (Å²) in [5.41, 5.74) is -0.163. The van der Waals surface area contributed by atoms with Crippen molar-refractivity contribution >= 4 is 26.8 Å². The maximum atomic E-state index is 12.3. The van der Waals surface area contributed by atoms with Gasteiger partial charge in [0.05, 0.1) is 10.9 Å². The predicted molar refractivity (Wildman–Crippen MR) is 76.0 cm³/mol. The fourth-order valence-electron chi connectivity index (χ4n) is 1.84. The normalized spacial score (nSPS) is 12.0. The SMILES string of the molecule is CC(C)(C)Cn1c(=O)[nH]c2ccc(Br)cc2c1=O. The van der Waals surface area contributed by atoms with Gasteiger partial charge in [-0.25, -0.2) is 4.79 Å². The van der Waals surface area contributed by atoms with E-state index in [1.165, 1.54) is 4.57 Å². The molecule has 0 amide bonds. The zero-order chi connectivity index (χ0) is 13.5. The molecular weight excluding hydrogens is 296 g/mol. The molecule has 0 radical (unpaired) electrons. The fourth-order valence-corrected chi connectivity index (χ4v) is 2.20. The van der Waals surface area contributed by atoms with Crippen molar-refractivity contribution in [2.75, 3.05) is 0 Å². The summed E-state index contributed by atoms with van der Waals surface area (Å²) < 4.78 is 2.08. The Morgan fingerprint density at radius 1 is 1.28 bits per heavy atom. The average Bonchev–Trinajstić information content (AvgIpc) is 2.24. The second-order valence-electron chi connectivity index (χ2n) is 5.57. The number of H-pyrrole nitrogens is 1. The van der Waals surface area contributed by atoms with Crippen molar-refractivity contribution in [1.29, 1.82) is 0 Å². The molecule has 4 nitrogen and oxygen atoms in total. The summed E-state index contributed by atoms with van der Waals surface area (Å²) in [6.45, 7) is 6.36. The number of fused-ring (bicyclic) bond motifs is 1. The van der Waals surface area contributed by atoms with E-state index >= 15 is 0 Å². The van der Waals surface area contributed by atoms with E-state index < -0.39 is 0 Å². The topological polar surface area (TPSA) is 54.9 Å². The molecule has 0 aliphatic rings. The molecule has 1 aromatic heterocycles. The number of aromatic nitrogens is 2. The summed E-state index contributed by atoms with van der Waals surface area (Å²) >= 11 is 3.33. The molecule has 1 N–H and O–H groups in total. The van der Waals surface area contributed by atoms with Crippen molar-refractivity contribution in [3.63, 3.8) is 0 Å². The number of nitrogens with one attached hydrogen (secondary N) is 1. The lowest BCUT2D eigenvalue weighted by molar-refractivity contribution is 0.332. The lowest BCUT2D eigenvalue weighted by Gasteiger charge is -2.19. The van der Waals surface area contributed by atoms with E-state index in [9.17, 15) is 9.59 Å². The zero-order valence-electron chi connectivity index (χ0n) is 10.6. The first-order chi connectivity index (χ1) is 8.28. The molecule has 5 heteroatoms. The molecule has 0 aliphatic carbocycles. The highest BCUT2D eigenvalue weighted by molar-refractivity contribution is 9.10. The van der Waals surface area contributed by atoms with Crippen molar-refractivity contribution in [2.45, 2.75) is 27.3 Å². The van der Waals surface area contributed by atoms with Crippen LogP contribution in [0.2, 0.25) is 0 Å². The summed E-state index contributed by atoms with van der Waals surface area (Å²) in [6.07, 6.45) is 0. The van der Waals surface area contributed by atoms with Crippen LogP contribution in [0.1, 0.15) is 20.8 Å². The van der Waals surface area contributed by atoms with Crippen LogP contribution in [-0.2, 0) is 6.54 Å². The number of benzene rings is 1. The van der Waals surface area contributed by atoms with Crippen molar-refractivity contribution in [1.82, 2.24) is 9.55 Å². The zero-order valence-corrected chi connectivity index (χ0v) is 12.2. The van der Waals surface area contributed by atoms with Crippen LogP contribution in [0, 0.1) is 5.41 Å². The summed E-state index contributed by atoms with van der Waals surface area (Å²) in [5, 5.41) is 0.522. The summed E-state index contributed by atoms with van der Waals surface area (Å²) in [4.78, 5) is 26.9. The third-order valence-corrected chi connectivity index (χ3v) is 3.07. The number of rotatable bonds is 1. The van der Waals surface area contributed by atoms with E-state index in [0.717, 1.165) is 4.47 Å². The van der Waals surface area contributed by atoms with Crippen molar-refractivity contribution in [3.05, 3.63) is 43.5 Å². The minimum atomic E-state index is -0.357. The average molecular weight is 311 g/mol. The Hall–Kier alpha value is -1.36. The molecule has 0 bridgehead atoms. The van der Waals surface area contributed by atoms with Gasteiger partial charge in [-0.05, 0) is 23.6 Å². The van der Waals surface area contributed by atoms with Crippen molar-refractivity contribution in [2.24, 2.45) is 5.41 Å². The molecule has 1 aromatic carbocycles. The standard InChI is InChI=1S/C13H15BrN2O2/c1-13(2,3)7-16-11(17)9-6-8(14)4-5-10(9)15-12(16)18/h4-6H,7H2,1-3H3,(H,15,18). The molecule has 1 heterocycles. The Balaban J connectivity index is 2.76. The predicted octanol–water partition coefficient (Wildman–Crippen LogP) is 2.50. The van der Waals surface area contributed by atoms with Gasteiger partial charge in [0, 0.05) is 11.0 Å². The third kappa shape index (κ3) is 2.56. The van der Waals surface area contributed by atoms with Crippen molar-refractivity contribution < 1.29 is 0 Å². The van der Waals surface area contributed by atoms with E-state index in [1.807, 2.05) is 20.8 Å². The molecule has 0 unspecified atom stereocenters. The van der Waals surface area contributed by atoms with Crippen LogP contribution in [0.25, 0.3) is 10.9 Å². The van der Waals surface area contributed by atoms with Crippen molar-refractivity contribution in [3.8, 4) is 0 Å². The number of nitrogens with zero attached hydrogens (tertiary/aromatic N) is 1. The van der Waals surface area contributed by atoms with Crippen LogP contribution in [-0.4, -0.2) is 9.55 Å². The highest BCUT2D eigenvalue weighted by Crippen LogP contribution is 2.16. The number of hydrogen-bond donors (Lipinski definition) is 1. The fraction of sp³-hybridized carbons (Fsp3) is 0.385. The first-order valence-corrected chi connectivity index (χ1v) is 6.50. The van der Waals surface area contributed by atoms with Crippen LogP contribution in [0.4, 0.5) is 0 Å². The lowest BCUT2D eigenvalue weighted by atomic mass is 9.97. The summed E-state index contributed by atoms with van der Waals surface area (Å²) in [5.74, 6) is 0. The van der Waals surface area contributed by atoms with Gasteiger partial charge in [0.1, 0.15) is 0 Å². The van der Waals surface area contributed by atoms with Gasteiger partial charge in [0.2, 0.25) is 0 Å². The van der Waals surface area contributed by atoms with E-state index in [0.29, 0.717) is 17.4 Å². The molecule has 0 spiro atoms. The van der Waals surface area contributed by atoms with Gasteiger partial charge in [-0.2, -0.15) is 0 Å². The third-order valence-electron chi connectivity index (χ3n) is 2.58. The van der Waals surface area contributed by atoms with Gasteiger partial charge in [-0.3, -0.25) is 9.36 Å². The molecule has 2 rings (SSSR count). The number of aromatic amines is 1. The Morgan fingerprint density at radius 2 is 1.94 bits per heavy atom. The van der Waals surface area contributed by atoms with E-state index in [2.05, 4.69) is 20.9 Å². The Labute approximate surface area is 113 Å².